The molecule has 0 amide bonds. The molecule has 0 aliphatic carbocycles. The molecular formula is C4H12Cl2N2Pt. The van der Waals surface area contributed by atoms with Gasteiger partial charge in [0.05, 0.1) is 0 Å². The van der Waals surface area contributed by atoms with Crippen LogP contribution in [-0.2, 0) is 21.1 Å². The van der Waals surface area contributed by atoms with Gasteiger partial charge in [0.1, 0.15) is 0 Å². The minimum atomic E-state index is 0. The van der Waals surface area contributed by atoms with E-state index in [9.17, 15) is 0 Å². The van der Waals surface area contributed by atoms with Gasteiger partial charge in [0.2, 0.25) is 0 Å². The molecule has 0 radical (unpaired) electrons. The minimum Gasteiger partial charge on any atom is -1.00 e. The molecule has 0 aromatic rings. The molecular weight excluding hydrogens is 342 g/mol. The molecule has 9 heavy (non-hydrogen) atoms. The molecule has 0 spiro atoms. The van der Waals surface area contributed by atoms with Gasteiger partial charge in [0.15, 0.2) is 0 Å². The second kappa shape index (κ2) is 22.9. The molecule has 0 saturated carbocycles. The molecule has 0 atom stereocenters. The van der Waals surface area contributed by atoms with E-state index in [0.29, 0.717) is 0 Å². The number of nitrogens with one attached hydrogen (secondary N) is 2. The van der Waals surface area contributed by atoms with Crippen LogP contribution in [0.1, 0.15) is 0 Å². The van der Waals surface area contributed by atoms with E-state index in [1.165, 1.54) is 0 Å². The molecule has 2 nitrogen and oxygen atoms in total. The third kappa shape index (κ3) is 27.1. The largest absolute Gasteiger partial charge is 2.00 e. The normalized spacial score (nSPS) is 6.00. The average molecular weight is 354 g/mol. The predicted octanol–water partition coefficient (Wildman–Crippen LogP) is -6.57. The van der Waals surface area contributed by atoms with Crippen LogP contribution in [0.3, 0.4) is 0 Å². The summed E-state index contributed by atoms with van der Waals surface area (Å²) in [6.07, 6.45) is 0. The topological polar surface area (TPSA) is 24.1 Å². The Labute approximate surface area is 83.6 Å². The summed E-state index contributed by atoms with van der Waals surface area (Å²) in [5, 5.41) is 6.01. The Balaban J connectivity index is -0.0000000417. The Bertz CT molecular complexity index is 28.5. The Morgan fingerprint density at radius 2 is 1.11 bits per heavy atom. The van der Waals surface area contributed by atoms with Crippen LogP contribution in [0.2, 0.25) is 0 Å². The Kier molecular flexibility index (Phi) is 57.1. The average Bonchev–Trinajstić information content (AvgIpc) is 1.61. The maximum absolute atomic E-state index is 3.01. The van der Waals surface area contributed by atoms with Crippen molar-refractivity contribution in [2.45, 2.75) is 0 Å². The van der Waals surface area contributed by atoms with E-state index >= 15 is 0 Å². The van der Waals surface area contributed by atoms with Crippen LogP contribution in [0, 0.1) is 0 Å². The summed E-state index contributed by atoms with van der Waals surface area (Å²) in [6.45, 7) is 2.10. The van der Waals surface area contributed by atoms with Gasteiger partial charge in [-0.3, -0.25) is 0 Å². The summed E-state index contributed by atoms with van der Waals surface area (Å²) in [5.74, 6) is 0. The molecule has 0 heterocycles. The molecule has 0 aromatic heterocycles. The van der Waals surface area contributed by atoms with E-state index in [2.05, 4.69) is 10.6 Å². The van der Waals surface area contributed by atoms with Crippen molar-refractivity contribution >= 4 is 0 Å². The van der Waals surface area contributed by atoms with Gasteiger partial charge in [-0.05, 0) is 14.1 Å². The second-order valence-electron chi connectivity index (χ2n) is 1.21. The van der Waals surface area contributed by atoms with Crippen molar-refractivity contribution in [1.29, 1.82) is 0 Å². The quantitative estimate of drug-likeness (QED) is 0.493. The van der Waals surface area contributed by atoms with Crippen LogP contribution in [0.5, 0.6) is 0 Å². The summed E-state index contributed by atoms with van der Waals surface area (Å²) in [5.41, 5.74) is 0. The monoisotopic (exact) mass is 353 g/mol. The van der Waals surface area contributed by atoms with Crippen molar-refractivity contribution in [1.82, 2.24) is 10.6 Å². The summed E-state index contributed by atoms with van der Waals surface area (Å²) >= 11 is 0. The Morgan fingerprint density at radius 1 is 0.889 bits per heavy atom. The minimum absolute atomic E-state index is 0. The standard InChI is InChI=1S/C4H12N2.2ClH.Pt/c1-5-3-4-6-2;;;/h5-6H,3-4H2,1-2H3;2*1H;/q;;;+2/p-2. The molecule has 0 aromatic carbocycles. The van der Waals surface area contributed by atoms with Crippen molar-refractivity contribution < 1.29 is 45.9 Å². The van der Waals surface area contributed by atoms with Crippen LogP contribution in [-0.4, -0.2) is 27.2 Å². The van der Waals surface area contributed by atoms with Crippen molar-refractivity contribution in [3.8, 4) is 0 Å². The van der Waals surface area contributed by atoms with E-state index in [-0.39, 0.29) is 45.9 Å². The maximum atomic E-state index is 3.01. The van der Waals surface area contributed by atoms with Crippen LogP contribution in [0.4, 0.5) is 0 Å². The van der Waals surface area contributed by atoms with Crippen molar-refractivity contribution in [3.63, 3.8) is 0 Å². The number of hydrogen-bond acceptors (Lipinski definition) is 2. The van der Waals surface area contributed by atoms with Crippen LogP contribution >= 0.6 is 0 Å². The van der Waals surface area contributed by atoms with E-state index in [4.69, 9.17) is 0 Å². The Hall–Kier alpha value is 1.19. The second-order valence-corrected chi connectivity index (χ2v) is 1.21. The summed E-state index contributed by atoms with van der Waals surface area (Å²) in [7, 11) is 3.88. The number of likely N-dealkylation sites (N-methyl/N-ethyl adjacent to an activating group) is 2. The first-order valence-electron chi connectivity index (χ1n) is 2.21. The molecule has 0 unspecified atom stereocenters. The van der Waals surface area contributed by atoms with E-state index in [1.807, 2.05) is 14.1 Å². The molecule has 0 rings (SSSR count). The summed E-state index contributed by atoms with van der Waals surface area (Å²) in [6, 6.07) is 0. The van der Waals surface area contributed by atoms with E-state index in [0.717, 1.165) is 13.1 Å². The van der Waals surface area contributed by atoms with Gasteiger partial charge in [0, 0.05) is 13.1 Å². The fourth-order valence-electron chi connectivity index (χ4n) is 0.250. The Morgan fingerprint density at radius 3 is 1.22 bits per heavy atom. The van der Waals surface area contributed by atoms with Gasteiger partial charge in [0.25, 0.3) is 0 Å². The van der Waals surface area contributed by atoms with Gasteiger partial charge in [-0.1, -0.05) is 0 Å². The van der Waals surface area contributed by atoms with Crippen LogP contribution < -0.4 is 35.4 Å². The summed E-state index contributed by atoms with van der Waals surface area (Å²) < 4.78 is 0. The van der Waals surface area contributed by atoms with Crippen molar-refractivity contribution in [3.05, 3.63) is 0 Å². The van der Waals surface area contributed by atoms with Crippen molar-refractivity contribution in [2.24, 2.45) is 0 Å². The first kappa shape index (κ1) is 22.5. The molecule has 62 valence electrons. The number of rotatable bonds is 3. The molecule has 0 saturated heterocycles. The third-order valence-corrected chi connectivity index (χ3v) is 0.625. The van der Waals surface area contributed by atoms with Gasteiger partial charge in [-0.2, -0.15) is 0 Å². The number of halogens is 2. The van der Waals surface area contributed by atoms with Gasteiger partial charge in [-0.25, -0.2) is 0 Å². The zero-order chi connectivity index (χ0) is 4.83. The first-order valence-corrected chi connectivity index (χ1v) is 2.21. The molecule has 0 fully saturated rings. The fourth-order valence-corrected chi connectivity index (χ4v) is 0.250. The fraction of sp³-hybridized carbons (Fsp3) is 1.00. The molecule has 0 bridgehead atoms. The SMILES string of the molecule is CNCCNC.[Cl-].[Cl-].[Pt+2]. The summed E-state index contributed by atoms with van der Waals surface area (Å²) in [4.78, 5) is 0. The first-order chi connectivity index (χ1) is 2.91. The van der Waals surface area contributed by atoms with E-state index in [1.54, 1.807) is 0 Å². The molecule has 5 heteroatoms. The smallest absolute Gasteiger partial charge is 1.00 e. The van der Waals surface area contributed by atoms with Crippen LogP contribution in [0.15, 0.2) is 0 Å². The third-order valence-electron chi connectivity index (χ3n) is 0.625. The number of hydrogen-bond donors (Lipinski definition) is 2. The van der Waals surface area contributed by atoms with E-state index < -0.39 is 0 Å². The molecule has 0 aliphatic heterocycles. The van der Waals surface area contributed by atoms with Gasteiger partial charge in [-0.15, -0.1) is 0 Å². The van der Waals surface area contributed by atoms with Crippen LogP contribution in [0.25, 0.3) is 0 Å². The molecule has 0 aliphatic rings. The zero-order valence-electron chi connectivity index (χ0n) is 5.49. The zero-order valence-corrected chi connectivity index (χ0v) is 9.27. The van der Waals surface area contributed by atoms with Gasteiger partial charge >= 0.3 is 21.1 Å². The van der Waals surface area contributed by atoms with Crippen molar-refractivity contribution in [2.75, 3.05) is 27.2 Å². The molecule has 2 N–H and O–H groups in total. The van der Waals surface area contributed by atoms with Gasteiger partial charge < -0.3 is 35.4 Å². The predicted molar refractivity (Wildman–Crippen MR) is 27.9 cm³/mol. The maximum Gasteiger partial charge on any atom is 2.00 e.